The van der Waals surface area contributed by atoms with E-state index in [9.17, 15) is 0 Å². The number of thiocarbonyl (C=S) groups is 1. The van der Waals surface area contributed by atoms with Gasteiger partial charge < -0.3 is 15.2 Å². The average molecular weight is 252 g/mol. The fraction of sp³-hybridized carbons (Fsp3) is 0.500. The van der Waals surface area contributed by atoms with Crippen LogP contribution in [0.5, 0.6) is 0 Å². The quantitative estimate of drug-likeness (QED) is 0.800. The van der Waals surface area contributed by atoms with E-state index in [4.69, 9.17) is 27.4 Å². The lowest BCUT2D eigenvalue weighted by atomic mass is 10.1. The highest BCUT2D eigenvalue weighted by Gasteiger charge is 2.16. The first-order valence-electron chi connectivity index (χ1n) is 5.66. The van der Waals surface area contributed by atoms with Crippen molar-refractivity contribution in [1.82, 2.24) is 4.98 Å². The highest BCUT2D eigenvalue weighted by molar-refractivity contribution is 7.80. The minimum atomic E-state index is 0.313. The molecule has 2 rings (SSSR count). The van der Waals surface area contributed by atoms with Gasteiger partial charge in [-0.1, -0.05) is 18.3 Å². The lowest BCUT2D eigenvalue weighted by Gasteiger charge is -2.10. The van der Waals surface area contributed by atoms with Gasteiger partial charge in [-0.05, 0) is 12.5 Å². The van der Waals surface area contributed by atoms with Crippen molar-refractivity contribution < 1.29 is 9.47 Å². The van der Waals surface area contributed by atoms with E-state index in [1.54, 1.807) is 6.20 Å². The van der Waals surface area contributed by atoms with Crippen molar-refractivity contribution in [3.63, 3.8) is 0 Å². The summed E-state index contributed by atoms with van der Waals surface area (Å²) in [6, 6.07) is 3.80. The predicted molar refractivity (Wildman–Crippen MR) is 68.7 cm³/mol. The van der Waals surface area contributed by atoms with Crippen LogP contribution in [0.2, 0.25) is 0 Å². The molecule has 0 bridgehead atoms. The van der Waals surface area contributed by atoms with E-state index in [1.807, 2.05) is 12.1 Å². The number of hydrogen-bond acceptors (Lipinski definition) is 4. The number of ether oxygens (including phenoxy) is 2. The van der Waals surface area contributed by atoms with E-state index >= 15 is 0 Å². The molecule has 1 saturated heterocycles. The van der Waals surface area contributed by atoms with Gasteiger partial charge in [0.1, 0.15) is 10.7 Å². The zero-order valence-corrected chi connectivity index (χ0v) is 10.4. The Balaban J connectivity index is 1.87. The Morgan fingerprint density at radius 1 is 1.65 bits per heavy atom. The first-order valence-corrected chi connectivity index (χ1v) is 6.07. The highest BCUT2D eigenvalue weighted by Crippen LogP contribution is 2.14. The second-order valence-corrected chi connectivity index (χ2v) is 4.56. The van der Waals surface area contributed by atoms with Crippen LogP contribution in [0.4, 0.5) is 0 Å². The summed E-state index contributed by atoms with van der Waals surface area (Å²) in [6.07, 6.45) is 2.76. The van der Waals surface area contributed by atoms with E-state index in [0.717, 1.165) is 25.2 Å². The Morgan fingerprint density at radius 2 is 2.53 bits per heavy atom. The van der Waals surface area contributed by atoms with Crippen LogP contribution in [-0.2, 0) is 16.1 Å². The summed E-state index contributed by atoms with van der Waals surface area (Å²) in [4.78, 5) is 4.47. The summed E-state index contributed by atoms with van der Waals surface area (Å²) >= 11 is 4.95. The number of nitrogens with zero attached hydrogens (tertiary/aromatic N) is 1. The van der Waals surface area contributed by atoms with Gasteiger partial charge in [0, 0.05) is 24.3 Å². The van der Waals surface area contributed by atoms with Gasteiger partial charge in [-0.25, -0.2) is 0 Å². The second-order valence-electron chi connectivity index (χ2n) is 4.12. The molecular formula is C12H16N2O2S. The molecule has 1 aliphatic heterocycles. The standard InChI is InChI=1S/C12H16N2O2S/c13-12(17)11-10(2-1-4-14-11)8-16-7-9-3-5-15-6-9/h1-2,4,9H,3,5-8H2,(H2,13,17). The Morgan fingerprint density at radius 3 is 3.24 bits per heavy atom. The van der Waals surface area contributed by atoms with Crippen molar-refractivity contribution in [2.24, 2.45) is 11.7 Å². The van der Waals surface area contributed by atoms with Crippen LogP contribution >= 0.6 is 12.2 Å². The molecule has 1 atom stereocenters. The summed E-state index contributed by atoms with van der Waals surface area (Å²) in [5, 5.41) is 0. The van der Waals surface area contributed by atoms with Crippen molar-refractivity contribution in [2.45, 2.75) is 13.0 Å². The third-order valence-corrected chi connectivity index (χ3v) is 2.95. The lowest BCUT2D eigenvalue weighted by molar-refractivity contribution is 0.0789. The maximum absolute atomic E-state index is 5.66. The van der Waals surface area contributed by atoms with Crippen LogP contribution in [0, 0.1) is 5.92 Å². The number of rotatable bonds is 5. The molecule has 1 fully saturated rings. The van der Waals surface area contributed by atoms with E-state index in [0.29, 0.717) is 29.8 Å². The molecule has 0 aromatic carbocycles. The Labute approximate surface area is 106 Å². The van der Waals surface area contributed by atoms with E-state index in [1.165, 1.54) is 0 Å². The number of pyridine rings is 1. The normalized spacial score (nSPS) is 19.4. The molecule has 17 heavy (non-hydrogen) atoms. The molecule has 1 aromatic rings. The minimum absolute atomic E-state index is 0.313. The predicted octanol–water partition coefficient (Wildman–Crippen LogP) is 1.27. The van der Waals surface area contributed by atoms with Crippen LogP contribution in [0.15, 0.2) is 18.3 Å². The SMILES string of the molecule is NC(=S)c1ncccc1COCC1CCOC1. The Kier molecular flexibility index (Phi) is 4.42. The van der Waals surface area contributed by atoms with E-state index < -0.39 is 0 Å². The molecule has 2 N–H and O–H groups in total. The molecular weight excluding hydrogens is 236 g/mol. The first-order chi connectivity index (χ1) is 8.27. The van der Waals surface area contributed by atoms with E-state index in [-0.39, 0.29) is 0 Å². The van der Waals surface area contributed by atoms with Crippen molar-refractivity contribution in [3.05, 3.63) is 29.6 Å². The van der Waals surface area contributed by atoms with Crippen LogP contribution in [0.25, 0.3) is 0 Å². The monoisotopic (exact) mass is 252 g/mol. The van der Waals surface area contributed by atoms with Crippen LogP contribution in [-0.4, -0.2) is 29.8 Å². The minimum Gasteiger partial charge on any atom is -0.388 e. The molecule has 0 spiro atoms. The average Bonchev–Trinajstić information content (AvgIpc) is 2.82. The molecule has 0 saturated carbocycles. The van der Waals surface area contributed by atoms with Crippen LogP contribution in [0.3, 0.4) is 0 Å². The largest absolute Gasteiger partial charge is 0.388 e. The van der Waals surface area contributed by atoms with Gasteiger partial charge in [0.25, 0.3) is 0 Å². The summed E-state index contributed by atoms with van der Waals surface area (Å²) in [6.45, 7) is 2.86. The maximum Gasteiger partial charge on any atom is 0.123 e. The van der Waals surface area contributed by atoms with Gasteiger partial charge in [-0.3, -0.25) is 4.98 Å². The fourth-order valence-corrected chi connectivity index (χ4v) is 2.01. The number of aromatic nitrogens is 1. The van der Waals surface area contributed by atoms with Gasteiger partial charge in [0.05, 0.1) is 19.8 Å². The molecule has 1 aliphatic rings. The van der Waals surface area contributed by atoms with Crippen LogP contribution in [0.1, 0.15) is 17.7 Å². The zero-order valence-electron chi connectivity index (χ0n) is 9.59. The number of hydrogen-bond donors (Lipinski definition) is 1. The van der Waals surface area contributed by atoms with Gasteiger partial charge in [-0.2, -0.15) is 0 Å². The molecule has 0 radical (unpaired) electrons. The van der Waals surface area contributed by atoms with E-state index in [2.05, 4.69) is 4.98 Å². The van der Waals surface area contributed by atoms with Gasteiger partial charge in [0.15, 0.2) is 0 Å². The summed E-state index contributed by atoms with van der Waals surface area (Å²) in [5.41, 5.74) is 7.20. The Hall–Kier alpha value is -1.04. The van der Waals surface area contributed by atoms with Crippen molar-refractivity contribution in [3.8, 4) is 0 Å². The van der Waals surface area contributed by atoms with Gasteiger partial charge >= 0.3 is 0 Å². The van der Waals surface area contributed by atoms with Crippen molar-refractivity contribution >= 4 is 17.2 Å². The zero-order chi connectivity index (χ0) is 12.1. The van der Waals surface area contributed by atoms with Gasteiger partial charge in [-0.15, -0.1) is 0 Å². The summed E-state index contributed by atoms with van der Waals surface area (Å²) < 4.78 is 10.9. The topological polar surface area (TPSA) is 57.4 Å². The molecule has 1 aromatic heterocycles. The van der Waals surface area contributed by atoms with Crippen molar-refractivity contribution in [1.29, 1.82) is 0 Å². The summed E-state index contributed by atoms with van der Waals surface area (Å²) in [7, 11) is 0. The summed E-state index contributed by atoms with van der Waals surface area (Å²) in [5.74, 6) is 0.514. The first kappa shape index (κ1) is 12.4. The molecule has 4 nitrogen and oxygen atoms in total. The van der Waals surface area contributed by atoms with Gasteiger partial charge in [0.2, 0.25) is 0 Å². The number of nitrogens with two attached hydrogens (primary N) is 1. The molecule has 5 heteroatoms. The molecule has 92 valence electrons. The second kappa shape index (κ2) is 6.05. The highest BCUT2D eigenvalue weighted by atomic mass is 32.1. The maximum atomic E-state index is 5.66. The lowest BCUT2D eigenvalue weighted by Crippen LogP contribution is -2.16. The molecule has 0 aliphatic carbocycles. The molecule has 0 amide bonds. The molecule has 2 heterocycles. The Bertz CT molecular complexity index is 392. The smallest absolute Gasteiger partial charge is 0.123 e. The third kappa shape index (κ3) is 3.46. The fourth-order valence-electron chi connectivity index (χ4n) is 1.83. The molecule has 1 unspecified atom stereocenters. The van der Waals surface area contributed by atoms with Crippen LogP contribution < -0.4 is 5.73 Å². The van der Waals surface area contributed by atoms with Crippen molar-refractivity contribution in [2.75, 3.05) is 19.8 Å². The third-order valence-electron chi connectivity index (χ3n) is 2.76.